The van der Waals surface area contributed by atoms with E-state index in [2.05, 4.69) is 20.3 Å². The third kappa shape index (κ3) is 5.92. The Balaban J connectivity index is 1.75. The molecule has 2 rings (SSSR count). The first-order valence-corrected chi connectivity index (χ1v) is 9.71. The van der Waals surface area contributed by atoms with Crippen LogP contribution in [0.2, 0.25) is 0 Å². The summed E-state index contributed by atoms with van der Waals surface area (Å²) in [7, 11) is -2.26. The van der Waals surface area contributed by atoms with Gasteiger partial charge in [0, 0.05) is 24.8 Å². The molecule has 0 bridgehead atoms. The summed E-state index contributed by atoms with van der Waals surface area (Å²) in [5.74, 6) is -0.0540. The molecule has 3 N–H and O–H groups in total. The number of rotatable bonds is 8. The third-order valence-corrected chi connectivity index (χ3v) is 5.16. The van der Waals surface area contributed by atoms with Gasteiger partial charge in [-0.15, -0.1) is 0 Å². The molecule has 7 nitrogen and oxygen atoms in total. The average molecular weight is 416 g/mol. The molecule has 2 aromatic rings. The lowest BCUT2D eigenvalue weighted by atomic mass is 10.2. The number of halogens is 3. The van der Waals surface area contributed by atoms with Crippen molar-refractivity contribution >= 4 is 21.7 Å². The van der Waals surface area contributed by atoms with Crippen LogP contribution in [0, 0.1) is 0 Å². The van der Waals surface area contributed by atoms with E-state index in [-0.39, 0.29) is 10.8 Å². The molecule has 152 valence electrons. The highest BCUT2D eigenvalue weighted by atomic mass is 32.2. The Kier molecular flexibility index (Phi) is 6.97. The molecule has 0 unspecified atom stereocenters. The molecule has 0 spiro atoms. The van der Waals surface area contributed by atoms with Gasteiger partial charge in [0.2, 0.25) is 10.0 Å². The molecule has 1 amide bonds. The standard InChI is InChI=1S/C17H19F3N4O3S/c1-21-28(26,27)14-6-3-12(4-7-14)16(25)23-10-2-9-22-15-8-5-13(11-24-15)17(18,19)20/h3-8,11,21H,2,9-10H2,1H3,(H,22,24)(H,23,25). The molecule has 0 radical (unpaired) electrons. The van der Waals surface area contributed by atoms with Crippen molar-refractivity contribution in [3.05, 3.63) is 53.7 Å². The van der Waals surface area contributed by atoms with Crippen molar-refractivity contribution in [2.24, 2.45) is 0 Å². The predicted molar refractivity (Wildman–Crippen MR) is 97.4 cm³/mol. The maximum atomic E-state index is 12.5. The normalized spacial score (nSPS) is 11.9. The maximum Gasteiger partial charge on any atom is 0.417 e. The second-order valence-corrected chi connectivity index (χ2v) is 7.58. The molecule has 1 heterocycles. The summed E-state index contributed by atoms with van der Waals surface area (Å²) in [6, 6.07) is 7.65. The van der Waals surface area contributed by atoms with Gasteiger partial charge >= 0.3 is 6.18 Å². The van der Waals surface area contributed by atoms with Crippen molar-refractivity contribution < 1.29 is 26.4 Å². The fourth-order valence-electron chi connectivity index (χ4n) is 2.18. The Morgan fingerprint density at radius 3 is 2.29 bits per heavy atom. The SMILES string of the molecule is CNS(=O)(=O)c1ccc(C(=O)NCCCNc2ccc(C(F)(F)F)cn2)cc1. The minimum Gasteiger partial charge on any atom is -0.370 e. The molecular weight excluding hydrogens is 397 g/mol. The number of nitrogens with one attached hydrogen (secondary N) is 3. The van der Waals surface area contributed by atoms with Gasteiger partial charge in [-0.1, -0.05) is 0 Å². The Labute approximate surface area is 160 Å². The molecule has 1 aromatic heterocycles. The number of anilines is 1. The van der Waals surface area contributed by atoms with E-state index in [1.165, 1.54) is 37.4 Å². The van der Waals surface area contributed by atoms with Gasteiger partial charge in [-0.3, -0.25) is 4.79 Å². The number of aromatic nitrogens is 1. The van der Waals surface area contributed by atoms with E-state index in [0.717, 1.165) is 12.3 Å². The Bertz CT molecular complexity index is 899. The molecular formula is C17H19F3N4O3S. The second-order valence-electron chi connectivity index (χ2n) is 5.70. The lowest BCUT2D eigenvalue weighted by Crippen LogP contribution is -2.26. The first-order chi connectivity index (χ1) is 13.1. The molecule has 0 aliphatic heterocycles. The van der Waals surface area contributed by atoms with Crippen molar-refractivity contribution in [3.63, 3.8) is 0 Å². The first-order valence-electron chi connectivity index (χ1n) is 8.22. The lowest BCUT2D eigenvalue weighted by molar-refractivity contribution is -0.137. The zero-order valence-electron chi connectivity index (χ0n) is 14.9. The number of amides is 1. The van der Waals surface area contributed by atoms with Crippen LogP contribution in [0.25, 0.3) is 0 Å². The Morgan fingerprint density at radius 2 is 1.75 bits per heavy atom. The number of nitrogens with zero attached hydrogens (tertiary/aromatic N) is 1. The molecule has 0 saturated carbocycles. The second kappa shape index (κ2) is 9.02. The predicted octanol–water partition coefficient (Wildman–Crippen LogP) is 2.24. The highest BCUT2D eigenvalue weighted by molar-refractivity contribution is 7.89. The number of carbonyl (C=O) groups is 1. The first kappa shape index (κ1) is 21.6. The van der Waals surface area contributed by atoms with Crippen LogP contribution in [-0.2, 0) is 16.2 Å². The largest absolute Gasteiger partial charge is 0.417 e. The maximum absolute atomic E-state index is 12.5. The van der Waals surface area contributed by atoms with Gasteiger partial charge in [0.25, 0.3) is 5.91 Å². The molecule has 0 fully saturated rings. The minimum atomic E-state index is -4.43. The fraction of sp³-hybridized carbons (Fsp3) is 0.294. The number of hydrogen-bond donors (Lipinski definition) is 3. The van der Waals surface area contributed by atoms with E-state index in [1.807, 2.05) is 0 Å². The van der Waals surface area contributed by atoms with Crippen LogP contribution in [0.1, 0.15) is 22.3 Å². The van der Waals surface area contributed by atoms with E-state index in [9.17, 15) is 26.4 Å². The van der Waals surface area contributed by atoms with Crippen LogP contribution in [0.4, 0.5) is 19.0 Å². The lowest BCUT2D eigenvalue weighted by Gasteiger charge is -2.09. The highest BCUT2D eigenvalue weighted by Crippen LogP contribution is 2.28. The molecule has 1 aromatic carbocycles. The average Bonchev–Trinajstić information content (AvgIpc) is 2.67. The number of sulfonamides is 1. The van der Waals surface area contributed by atoms with Crippen LogP contribution in [-0.4, -0.2) is 39.4 Å². The van der Waals surface area contributed by atoms with Gasteiger partial charge in [-0.25, -0.2) is 18.1 Å². The van der Waals surface area contributed by atoms with E-state index >= 15 is 0 Å². The van der Waals surface area contributed by atoms with Gasteiger partial charge in [0.15, 0.2) is 0 Å². The van der Waals surface area contributed by atoms with Crippen molar-refractivity contribution in [3.8, 4) is 0 Å². The number of pyridine rings is 1. The summed E-state index contributed by atoms with van der Waals surface area (Å²) in [4.78, 5) is 15.8. The highest BCUT2D eigenvalue weighted by Gasteiger charge is 2.30. The van der Waals surface area contributed by atoms with Gasteiger partial charge in [0.1, 0.15) is 5.82 Å². The van der Waals surface area contributed by atoms with Gasteiger partial charge in [-0.2, -0.15) is 13.2 Å². The third-order valence-electron chi connectivity index (χ3n) is 3.73. The van der Waals surface area contributed by atoms with E-state index in [4.69, 9.17) is 0 Å². The van der Waals surface area contributed by atoms with Crippen LogP contribution < -0.4 is 15.4 Å². The smallest absolute Gasteiger partial charge is 0.370 e. The molecule has 0 saturated heterocycles. The Morgan fingerprint density at radius 1 is 1.07 bits per heavy atom. The summed E-state index contributed by atoms with van der Waals surface area (Å²) in [6.07, 6.45) is -3.16. The molecule has 0 atom stereocenters. The minimum absolute atomic E-state index is 0.0554. The zero-order chi connectivity index (χ0) is 20.8. The monoisotopic (exact) mass is 416 g/mol. The van der Waals surface area contributed by atoms with E-state index in [1.54, 1.807) is 0 Å². The number of carbonyl (C=O) groups excluding carboxylic acids is 1. The van der Waals surface area contributed by atoms with Gasteiger partial charge in [-0.05, 0) is 49.9 Å². The van der Waals surface area contributed by atoms with Crippen molar-refractivity contribution in [1.82, 2.24) is 15.0 Å². The molecule has 28 heavy (non-hydrogen) atoms. The van der Waals surface area contributed by atoms with Gasteiger partial charge < -0.3 is 10.6 Å². The summed E-state index contributed by atoms with van der Waals surface area (Å²) in [5, 5.41) is 5.54. The summed E-state index contributed by atoms with van der Waals surface area (Å²) in [5.41, 5.74) is -0.508. The quantitative estimate of drug-likeness (QED) is 0.573. The summed E-state index contributed by atoms with van der Waals surface area (Å²) >= 11 is 0. The molecule has 0 aliphatic rings. The summed E-state index contributed by atoms with van der Waals surface area (Å²) < 4.78 is 62.8. The van der Waals surface area contributed by atoms with Crippen molar-refractivity contribution in [1.29, 1.82) is 0 Å². The van der Waals surface area contributed by atoms with Crippen molar-refractivity contribution in [2.75, 3.05) is 25.5 Å². The van der Waals surface area contributed by atoms with Crippen LogP contribution in [0.15, 0.2) is 47.5 Å². The van der Waals surface area contributed by atoms with Crippen LogP contribution >= 0.6 is 0 Å². The van der Waals surface area contributed by atoms with E-state index < -0.39 is 21.8 Å². The molecule has 0 aliphatic carbocycles. The van der Waals surface area contributed by atoms with Crippen molar-refractivity contribution in [2.45, 2.75) is 17.5 Å². The number of benzene rings is 1. The fourth-order valence-corrected chi connectivity index (χ4v) is 2.91. The topological polar surface area (TPSA) is 100 Å². The zero-order valence-corrected chi connectivity index (χ0v) is 15.7. The van der Waals surface area contributed by atoms with Gasteiger partial charge in [0.05, 0.1) is 10.5 Å². The number of hydrogen-bond acceptors (Lipinski definition) is 5. The van der Waals surface area contributed by atoms with Crippen LogP contribution in [0.5, 0.6) is 0 Å². The van der Waals surface area contributed by atoms with E-state index in [0.29, 0.717) is 30.9 Å². The summed E-state index contributed by atoms with van der Waals surface area (Å²) in [6.45, 7) is 0.723. The Hall–Kier alpha value is -2.66. The van der Waals surface area contributed by atoms with Crippen LogP contribution in [0.3, 0.4) is 0 Å². The molecule has 11 heteroatoms. The number of alkyl halides is 3.